The van der Waals surface area contributed by atoms with E-state index >= 15 is 0 Å². The molecule has 2 aromatic carbocycles. The molecule has 0 saturated carbocycles. The monoisotopic (exact) mass is 1260 g/mol. The van der Waals surface area contributed by atoms with Gasteiger partial charge in [0, 0.05) is 42.2 Å². The number of nitrogens with one attached hydrogen (secondary N) is 4. The lowest BCUT2D eigenvalue weighted by molar-refractivity contribution is -0.910. The third-order valence-corrected chi connectivity index (χ3v) is 15.5. The first-order valence-corrected chi connectivity index (χ1v) is 31.1. The number of aromatic nitrogens is 6. The first-order chi connectivity index (χ1) is 39.2. The first kappa shape index (κ1) is 71.1. The van der Waals surface area contributed by atoms with Gasteiger partial charge in [-0.25, -0.2) is 25.3 Å². The second-order valence-electron chi connectivity index (χ2n) is 22.1. The van der Waals surface area contributed by atoms with Crippen LogP contribution in [0.1, 0.15) is 24.0 Å². The topological polar surface area (TPSA) is 404 Å². The number of likely N-dealkylation sites (N-methyl/N-ethyl adjacent to an activating group) is 2. The van der Waals surface area contributed by atoms with Crippen molar-refractivity contribution >= 4 is 102 Å². The highest BCUT2D eigenvalue weighted by atomic mass is 32.3. The van der Waals surface area contributed by atoms with Gasteiger partial charge in [0.25, 0.3) is 0 Å². The molecular formula is C48H80N16O16S4. The molecule has 0 spiro atoms. The van der Waals surface area contributed by atoms with Gasteiger partial charge >= 0.3 is 0 Å². The quantitative estimate of drug-likeness (QED) is 0.00614. The molecule has 0 aliphatic carbocycles. The van der Waals surface area contributed by atoms with Crippen LogP contribution >= 0.6 is 12.0 Å². The number of aliphatic hydroxyl groups is 2. The molecule has 4 aromatic rings. The molecule has 32 nitrogen and oxygen atoms in total. The van der Waals surface area contributed by atoms with Crippen LogP contribution < -0.4 is 36.3 Å². The fourth-order valence-electron chi connectivity index (χ4n) is 8.29. The van der Waals surface area contributed by atoms with E-state index in [4.69, 9.17) is 24.3 Å². The summed E-state index contributed by atoms with van der Waals surface area (Å²) >= 11 is 0.640. The summed E-state index contributed by atoms with van der Waals surface area (Å²) in [6.07, 6.45) is 4.82. The van der Waals surface area contributed by atoms with Gasteiger partial charge in [0.2, 0.25) is 56.5 Å². The van der Waals surface area contributed by atoms with Crippen LogP contribution in [-0.4, -0.2) is 272 Å². The number of quaternary nitrogens is 4. The van der Waals surface area contributed by atoms with Gasteiger partial charge < -0.3 is 78.1 Å². The van der Waals surface area contributed by atoms with Crippen LogP contribution in [-0.2, 0) is 48.7 Å². The third kappa shape index (κ3) is 26.1. The van der Waals surface area contributed by atoms with E-state index < -0.39 is 35.8 Å². The molecule has 84 heavy (non-hydrogen) atoms. The van der Waals surface area contributed by atoms with Crippen molar-refractivity contribution in [1.82, 2.24) is 29.9 Å². The number of nitrogens with zero attached hydrogens (tertiary/aromatic N) is 12. The van der Waals surface area contributed by atoms with Gasteiger partial charge in [0.15, 0.2) is 0 Å². The van der Waals surface area contributed by atoms with Gasteiger partial charge in [-0.15, -0.1) is 0 Å². The summed E-state index contributed by atoms with van der Waals surface area (Å²) in [4.78, 5) is 32.4. The molecule has 6 N–H and O–H groups in total. The molecule has 0 bridgehead atoms. The summed E-state index contributed by atoms with van der Waals surface area (Å²) in [5.74, 6) is 2.13. The molecular weight excluding hydrogens is 1180 g/mol. The van der Waals surface area contributed by atoms with Crippen molar-refractivity contribution in [1.29, 1.82) is 0 Å². The number of rotatable bonds is 28. The Morgan fingerprint density at radius 1 is 0.619 bits per heavy atom. The molecule has 36 heteroatoms. The Labute approximate surface area is 496 Å². The van der Waals surface area contributed by atoms with Crippen molar-refractivity contribution in [2.45, 2.75) is 22.6 Å². The van der Waals surface area contributed by atoms with Crippen LogP contribution in [0.2, 0.25) is 0 Å². The van der Waals surface area contributed by atoms with Crippen LogP contribution in [0.15, 0.2) is 46.2 Å². The molecule has 2 saturated heterocycles. The van der Waals surface area contributed by atoms with Gasteiger partial charge in [0.1, 0.15) is 23.2 Å². The van der Waals surface area contributed by atoms with Crippen LogP contribution in [0.4, 0.5) is 47.1 Å². The molecule has 472 valence electrons. The average Bonchev–Trinajstić information content (AvgIpc) is 2.27. The van der Waals surface area contributed by atoms with Crippen LogP contribution in [0.3, 0.4) is 0 Å². The smallest absolute Gasteiger partial charge is 0.233 e. The summed E-state index contributed by atoms with van der Waals surface area (Å²) in [6, 6.07) is 9.51. The number of hydrogen-bond donors (Lipinski definition) is 6. The standard InChI is InChI=1S/C46H74N16O8S2.2CH4O4S/c1-59(2,3)23-9-17-47-41-51-43(55-45(53-41)57-19-25-61(7,26-20-57)29-31-63)49-37-15-13-35(39(33-37)71-70-69-65)11-12-36-14-16-38(34-40(36)72(66,67)68)50-44-52-42(48-18-10-24-60(4,5)6)54-46(56-44)58-21-27-62(8,28-22-58)30-32-64;2*1-5-6(2,3)4/h11-16,33-34,63-64H,9-10,17-32H2,1-8H3,(H4-2,47,48,49,50,51,52,53,54,55,56,65,66,67,68);2*1H3,(H,2,3,4)/q+2;;/p-2/b12-11+;;. The molecule has 6 rings (SSSR count). The Hall–Kier alpha value is -5.36. The molecule has 0 radical (unpaired) electrons. The molecule has 2 aliphatic rings. The highest BCUT2D eigenvalue weighted by Gasteiger charge is 2.31. The number of hydrogen-bond acceptors (Lipinski definition) is 29. The van der Waals surface area contributed by atoms with Gasteiger partial charge in [-0.3, -0.25) is 13.4 Å². The summed E-state index contributed by atoms with van der Waals surface area (Å²) < 4.78 is 108. The zero-order valence-corrected chi connectivity index (χ0v) is 52.2. The van der Waals surface area contributed by atoms with E-state index in [-0.39, 0.29) is 36.4 Å². The van der Waals surface area contributed by atoms with Crippen molar-refractivity contribution in [3.05, 3.63) is 47.5 Å². The van der Waals surface area contributed by atoms with E-state index in [9.17, 15) is 54.4 Å². The zero-order chi connectivity index (χ0) is 62.6. The third-order valence-electron chi connectivity index (χ3n) is 13.1. The molecule has 2 aromatic heterocycles. The molecule has 0 unspecified atom stereocenters. The molecule has 0 amide bonds. The minimum atomic E-state index is -5.01. The second kappa shape index (κ2) is 31.9. The minimum absolute atomic E-state index is 0.0979. The zero-order valence-electron chi connectivity index (χ0n) is 49.0. The summed E-state index contributed by atoms with van der Waals surface area (Å²) in [7, 11) is 4.81. The Kier molecular flexibility index (Phi) is 27.0. The Morgan fingerprint density at radius 2 is 1.00 bits per heavy atom. The minimum Gasteiger partial charge on any atom is -0.744 e. The van der Waals surface area contributed by atoms with Crippen LogP contribution in [0, 0.1) is 0 Å². The summed E-state index contributed by atoms with van der Waals surface area (Å²) in [6.45, 7) is 10.5. The van der Waals surface area contributed by atoms with Gasteiger partial charge in [-0.05, 0) is 35.4 Å². The SMILES string of the molecule is COS(=O)(=O)[O-].COS(=O)(=O)[O-].C[N+](C)(C)CCCNc1nc(Nc2ccc(/C=C/c3ccc(Nc4nc(NCCC[N+](C)(C)C)nc(N5CC[N+](C)(CCO)CC5)n4)cc3S(=O)(=O)[O-])c(SOO[O-])c2)nc(N2CC[N+](C)(CCO)CC2)n1. The van der Waals surface area contributed by atoms with Gasteiger partial charge in [-0.2, -0.15) is 34.2 Å². The maximum Gasteiger partial charge on any atom is 0.233 e. The lowest BCUT2D eigenvalue weighted by Crippen LogP contribution is -2.58. The largest absolute Gasteiger partial charge is 0.744 e. The molecule has 4 heterocycles. The van der Waals surface area contributed by atoms with E-state index in [1.165, 1.54) is 18.2 Å². The van der Waals surface area contributed by atoms with E-state index in [0.717, 1.165) is 84.3 Å². The van der Waals surface area contributed by atoms with E-state index in [2.05, 4.69) is 111 Å². The normalized spacial score (nSPS) is 15.6. The van der Waals surface area contributed by atoms with Crippen molar-refractivity contribution in [3.8, 4) is 0 Å². The first-order valence-electron chi connectivity index (χ1n) is 26.3. The predicted octanol–water partition coefficient (Wildman–Crippen LogP) is -0.431. The Bertz CT molecular complexity index is 3080. The lowest BCUT2D eigenvalue weighted by atomic mass is 10.1. The van der Waals surface area contributed by atoms with Gasteiger partial charge in [0.05, 0.1) is 166 Å². The molecule has 0 atom stereocenters. The molecule has 2 aliphatic heterocycles. The highest BCUT2D eigenvalue weighted by molar-refractivity contribution is 7.94. The van der Waals surface area contributed by atoms with E-state index in [1.54, 1.807) is 30.3 Å². The number of piperazine rings is 2. The van der Waals surface area contributed by atoms with Crippen molar-refractivity contribution in [2.24, 2.45) is 0 Å². The van der Waals surface area contributed by atoms with Crippen LogP contribution in [0.25, 0.3) is 12.2 Å². The fourth-order valence-corrected chi connectivity index (χ4v) is 9.50. The predicted molar refractivity (Wildman–Crippen MR) is 310 cm³/mol. The number of aliphatic hydroxyl groups excluding tert-OH is 2. The summed E-state index contributed by atoms with van der Waals surface area (Å²) in [5.41, 5.74) is 1.40. The lowest BCUT2D eigenvalue weighted by Gasteiger charge is -2.41. The fraction of sp³-hybridized carbons (Fsp3) is 0.583. The van der Waals surface area contributed by atoms with Crippen molar-refractivity contribution in [2.75, 3.05) is 207 Å². The molecule has 2 fully saturated rings. The van der Waals surface area contributed by atoms with Crippen molar-refractivity contribution in [3.63, 3.8) is 0 Å². The number of anilines is 8. The average molecular weight is 1270 g/mol. The van der Waals surface area contributed by atoms with E-state index in [1.807, 2.05) is 0 Å². The second-order valence-corrected chi connectivity index (χ2v) is 26.5. The van der Waals surface area contributed by atoms with E-state index in [0.29, 0.717) is 104 Å². The van der Waals surface area contributed by atoms with Gasteiger partial charge in [-0.1, -0.05) is 24.3 Å². The Morgan fingerprint density at radius 3 is 1.37 bits per heavy atom. The van der Waals surface area contributed by atoms with Crippen LogP contribution in [0.5, 0.6) is 0 Å². The summed E-state index contributed by atoms with van der Waals surface area (Å²) in [5, 5.41) is 47.0. The highest BCUT2D eigenvalue weighted by Crippen LogP contribution is 2.32. The number of benzene rings is 2. The maximum absolute atomic E-state index is 12.8. The van der Waals surface area contributed by atoms with Crippen molar-refractivity contribution < 1.29 is 90.1 Å². The Balaban J connectivity index is 0.00000114. The maximum atomic E-state index is 12.8.